The number of carbonyl (C=O) groups excluding carboxylic acids is 1. The fourth-order valence-corrected chi connectivity index (χ4v) is 3.22. The van der Waals surface area contributed by atoms with Crippen LogP contribution in [0.25, 0.3) is 0 Å². The Hall–Kier alpha value is -1.00. The molecule has 2 rings (SSSR count). The SMILES string of the molecule is CC(C)(C)[Si](C)(C)OC1CC(=O)c2cnccc21. The molecule has 0 spiro atoms. The number of rotatable bonds is 2. The molecule has 1 atom stereocenters. The molecule has 0 aromatic carbocycles. The summed E-state index contributed by atoms with van der Waals surface area (Å²) in [6, 6.07) is 1.91. The van der Waals surface area contributed by atoms with Crippen molar-refractivity contribution >= 4 is 14.1 Å². The molecule has 1 aromatic heterocycles. The van der Waals surface area contributed by atoms with Crippen LogP contribution >= 0.6 is 0 Å². The number of hydrogen-bond donors (Lipinski definition) is 0. The third-order valence-electron chi connectivity index (χ3n) is 4.12. The van der Waals surface area contributed by atoms with Gasteiger partial charge in [-0.25, -0.2) is 0 Å². The van der Waals surface area contributed by atoms with Gasteiger partial charge in [0.1, 0.15) is 0 Å². The second kappa shape index (κ2) is 4.28. The van der Waals surface area contributed by atoms with Gasteiger partial charge in [-0.3, -0.25) is 9.78 Å². The monoisotopic (exact) mass is 263 g/mol. The molecule has 1 aliphatic rings. The molecule has 0 fully saturated rings. The fraction of sp³-hybridized carbons (Fsp3) is 0.571. The van der Waals surface area contributed by atoms with Gasteiger partial charge in [0.25, 0.3) is 0 Å². The van der Waals surface area contributed by atoms with Crippen LogP contribution in [0.15, 0.2) is 18.5 Å². The quantitative estimate of drug-likeness (QED) is 0.763. The number of carbonyl (C=O) groups is 1. The second-order valence-electron chi connectivity index (χ2n) is 6.46. The van der Waals surface area contributed by atoms with Crippen molar-refractivity contribution in [2.24, 2.45) is 0 Å². The van der Waals surface area contributed by atoms with Crippen LogP contribution in [-0.2, 0) is 4.43 Å². The van der Waals surface area contributed by atoms with E-state index in [2.05, 4.69) is 38.8 Å². The number of nitrogens with zero attached hydrogens (tertiary/aromatic N) is 1. The van der Waals surface area contributed by atoms with Gasteiger partial charge in [0.2, 0.25) is 0 Å². The number of pyridine rings is 1. The Morgan fingerprint density at radius 1 is 1.39 bits per heavy atom. The normalized spacial score (nSPS) is 20.1. The standard InChI is InChI=1S/C14H21NO2Si/c1-14(2,3)18(4,5)17-13-8-12(16)11-9-15-7-6-10(11)13/h6-7,9,13H,8H2,1-5H3. The summed E-state index contributed by atoms with van der Waals surface area (Å²) in [6.07, 6.45) is 3.79. The minimum atomic E-state index is -1.84. The summed E-state index contributed by atoms with van der Waals surface area (Å²) in [4.78, 5) is 15.9. The summed E-state index contributed by atoms with van der Waals surface area (Å²) in [5.41, 5.74) is 1.75. The smallest absolute Gasteiger partial charge is 0.192 e. The molecule has 0 aliphatic heterocycles. The van der Waals surface area contributed by atoms with Gasteiger partial charge in [-0.15, -0.1) is 0 Å². The summed E-state index contributed by atoms with van der Waals surface area (Å²) in [5.74, 6) is 0.154. The van der Waals surface area contributed by atoms with Gasteiger partial charge in [-0.2, -0.15) is 0 Å². The highest BCUT2D eigenvalue weighted by atomic mass is 28.4. The number of hydrogen-bond acceptors (Lipinski definition) is 3. The lowest BCUT2D eigenvalue weighted by Crippen LogP contribution is -2.41. The molecule has 0 bridgehead atoms. The molecule has 1 aliphatic carbocycles. The van der Waals surface area contributed by atoms with E-state index in [9.17, 15) is 4.79 Å². The summed E-state index contributed by atoms with van der Waals surface area (Å²) in [6.45, 7) is 11.1. The highest BCUT2D eigenvalue weighted by Gasteiger charge is 2.42. The van der Waals surface area contributed by atoms with Crippen LogP contribution < -0.4 is 0 Å². The van der Waals surface area contributed by atoms with E-state index in [4.69, 9.17) is 4.43 Å². The molecule has 0 saturated carbocycles. The van der Waals surface area contributed by atoms with E-state index in [-0.39, 0.29) is 16.9 Å². The van der Waals surface area contributed by atoms with Gasteiger partial charge in [-0.05, 0) is 29.8 Å². The first-order valence-electron chi connectivity index (χ1n) is 6.37. The van der Waals surface area contributed by atoms with E-state index in [1.54, 1.807) is 12.4 Å². The lowest BCUT2D eigenvalue weighted by atomic mass is 10.2. The molecule has 1 unspecified atom stereocenters. The Labute approximate surface area is 110 Å². The highest BCUT2D eigenvalue weighted by molar-refractivity contribution is 6.74. The van der Waals surface area contributed by atoms with Gasteiger partial charge in [-0.1, -0.05) is 20.8 Å². The highest BCUT2D eigenvalue weighted by Crippen LogP contribution is 2.43. The number of fused-ring (bicyclic) bond motifs is 1. The molecule has 0 N–H and O–H groups in total. The molecule has 0 amide bonds. The van der Waals surface area contributed by atoms with E-state index in [0.717, 1.165) is 11.1 Å². The molecule has 0 radical (unpaired) electrons. The van der Waals surface area contributed by atoms with Crippen molar-refractivity contribution < 1.29 is 9.22 Å². The van der Waals surface area contributed by atoms with Crippen molar-refractivity contribution in [3.05, 3.63) is 29.6 Å². The average Bonchev–Trinajstić information content (AvgIpc) is 2.55. The van der Waals surface area contributed by atoms with E-state index in [1.165, 1.54) is 0 Å². The van der Waals surface area contributed by atoms with Crippen LogP contribution in [0.3, 0.4) is 0 Å². The Kier molecular flexibility index (Phi) is 3.19. The zero-order valence-electron chi connectivity index (χ0n) is 11.8. The molecule has 1 aromatic rings. The van der Waals surface area contributed by atoms with E-state index in [1.807, 2.05) is 6.07 Å². The Bertz CT molecular complexity index is 477. The van der Waals surface area contributed by atoms with E-state index in [0.29, 0.717) is 6.42 Å². The largest absolute Gasteiger partial charge is 0.409 e. The minimum absolute atomic E-state index is 0.0728. The van der Waals surface area contributed by atoms with Crippen LogP contribution in [0.1, 0.15) is 49.2 Å². The van der Waals surface area contributed by atoms with Crippen LogP contribution in [0.4, 0.5) is 0 Å². The van der Waals surface area contributed by atoms with E-state index < -0.39 is 8.32 Å². The van der Waals surface area contributed by atoms with Crippen molar-refractivity contribution in [3.63, 3.8) is 0 Å². The minimum Gasteiger partial charge on any atom is -0.409 e. The number of Topliss-reactive ketones (excluding diaryl/α,β-unsaturated/α-hetero) is 1. The Balaban J connectivity index is 2.26. The molecular weight excluding hydrogens is 242 g/mol. The van der Waals surface area contributed by atoms with Gasteiger partial charge in [0.15, 0.2) is 14.1 Å². The third kappa shape index (κ3) is 2.27. The first kappa shape index (κ1) is 13.4. The number of ketones is 1. The lowest BCUT2D eigenvalue weighted by Gasteiger charge is -2.38. The summed E-state index contributed by atoms with van der Waals surface area (Å²) in [7, 11) is -1.84. The maximum Gasteiger partial charge on any atom is 0.192 e. The van der Waals surface area contributed by atoms with Crippen molar-refractivity contribution in [2.45, 2.75) is 51.4 Å². The van der Waals surface area contributed by atoms with Gasteiger partial charge >= 0.3 is 0 Å². The van der Waals surface area contributed by atoms with Crippen molar-refractivity contribution in [3.8, 4) is 0 Å². The molecule has 18 heavy (non-hydrogen) atoms. The molecule has 98 valence electrons. The predicted molar refractivity (Wildman–Crippen MR) is 74.2 cm³/mol. The molecule has 0 saturated heterocycles. The Morgan fingerprint density at radius 2 is 2.06 bits per heavy atom. The molecule has 1 heterocycles. The van der Waals surface area contributed by atoms with Gasteiger partial charge < -0.3 is 4.43 Å². The first-order valence-corrected chi connectivity index (χ1v) is 9.28. The summed E-state index contributed by atoms with van der Waals surface area (Å²) >= 11 is 0. The van der Waals surface area contributed by atoms with Gasteiger partial charge in [0, 0.05) is 24.4 Å². The van der Waals surface area contributed by atoms with Crippen molar-refractivity contribution in [1.82, 2.24) is 4.98 Å². The van der Waals surface area contributed by atoms with Crippen LogP contribution in [-0.4, -0.2) is 19.1 Å². The van der Waals surface area contributed by atoms with Crippen molar-refractivity contribution in [2.75, 3.05) is 0 Å². The molecule has 4 heteroatoms. The lowest BCUT2D eigenvalue weighted by molar-refractivity contribution is 0.0937. The van der Waals surface area contributed by atoms with E-state index >= 15 is 0 Å². The van der Waals surface area contributed by atoms with Crippen LogP contribution in [0, 0.1) is 0 Å². The van der Waals surface area contributed by atoms with Crippen LogP contribution in [0.5, 0.6) is 0 Å². The Morgan fingerprint density at radius 3 is 2.67 bits per heavy atom. The molecular formula is C14H21NO2Si. The van der Waals surface area contributed by atoms with Crippen molar-refractivity contribution in [1.29, 1.82) is 0 Å². The topological polar surface area (TPSA) is 39.2 Å². The number of aromatic nitrogens is 1. The third-order valence-corrected chi connectivity index (χ3v) is 8.60. The fourth-order valence-electron chi connectivity index (χ4n) is 1.94. The first-order chi connectivity index (χ1) is 8.22. The summed E-state index contributed by atoms with van der Waals surface area (Å²) < 4.78 is 6.35. The predicted octanol–water partition coefficient (Wildman–Crippen LogP) is 3.73. The maximum atomic E-state index is 11.9. The average molecular weight is 263 g/mol. The summed E-state index contributed by atoms with van der Waals surface area (Å²) in [5, 5.41) is 0.159. The zero-order valence-corrected chi connectivity index (χ0v) is 12.8. The van der Waals surface area contributed by atoms with Crippen LogP contribution in [0.2, 0.25) is 18.1 Å². The maximum absolute atomic E-state index is 11.9. The molecule has 3 nitrogen and oxygen atoms in total. The van der Waals surface area contributed by atoms with Gasteiger partial charge in [0.05, 0.1) is 6.10 Å². The zero-order chi connectivity index (χ0) is 13.6. The second-order valence-corrected chi connectivity index (χ2v) is 11.2.